The van der Waals surface area contributed by atoms with Gasteiger partial charge in [0.1, 0.15) is 0 Å². The molecule has 1 unspecified atom stereocenters. The van der Waals surface area contributed by atoms with Crippen LogP contribution in [0.4, 0.5) is 5.69 Å². The molecule has 1 aliphatic rings. The van der Waals surface area contributed by atoms with E-state index in [9.17, 15) is 4.79 Å². The standard InChI is InChI=1S/C14H21N3O/c1-11(18)16-13-7-8-17(10-13)14-5-3-12(4-6-14)9-15-2/h3-6,13,15H,7-10H2,1-2H3,(H,16,18). The molecule has 0 aliphatic carbocycles. The quantitative estimate of drug-likeness (QED) is 0.838. The normalized spacial score (nSPS) is 19.0. The lowest BCUT2D eigenvalue weighted by atomic mass is 10.2. The van der Waals surface area contributed by atoms with Gasteiger partial charge in [-0.25, -0.2) is 0 Å². The zero-order valence-corrected chi connectivity index (χ0v) is 11.1. The predicted octanol–water partition coefficient (Wildman–Crippen LogP) is 1.12. The summed E-state index contributed by atoms with van der Waals surface area (Å²) >= 11 is 0. The van der Waals surface area contributed by atoms with Crippen molar-refractivity contribution in [3.8, 4) is 0 Å². The summed E-state index contributed by atoms with van der Waals surface area (Å²) in [6.07, 6.45) is 1.03. The molecule has 1 heterocycles. The van der Waals surface area contributed by atoms with E-state index in [1.54, 1.807) is 6.92 Å². The second-order valence-electron chi connectivity index (χ2n) is 4.83. The van der Waals surface area contributed by atoms with Crippen molar-refractivity contribution >= 4 is 11.6 Å². The van der Waals surface area contributed by atoms with Crippen LogP contribution in [-0.2, 0) is 11.3 Å². The first kappa shape index (κ1) is 12.9. The summed E-state index contributed by atoms with van der Waals surface area (Å²) in [6.45, 7) is 4.39. The van der Waals surface area contributed by atoms with E-state index >= 15 is 0 Å². The van der Waals surface area contributed by atoms with E-state index in [1.165, 1.54) is 11.3 Å². The SMILES string of the molecule is CNCc1ccc(N2CCC(NC(C)=O)C2)cc1. The van der Waals surface area contributed by atoms with Gasteiger partial charge < -0.3 is 15.5 Å². The molecule has 1 atom stereocenters. The van der Waals surface area contributed by atoms with Gasteiger partial charge in [-0.1, -0.05) is 12.1 Å². The summed E-state index contributed by atoms with van der Waals surface area (Å²) in [5.74, 6) is 0.0613. The van der Waals surface area contributed by atoms with Gasteiger partial charge in [0.15, 0.2) is 0 Å². The number of benzene rings is 1. The second kappa shape index (κ2) is 5.87. The van der Waals surface area contributed by atoms with E-state index in [0.29, 0.717) is 6.04 Å². The van der Waals surface area contributed by atoms with Crippen molar-refractivity contribution in [2.24, 2.45) is 0 Å². The first-order valence-electron chi connectivity index (χ1n) is 6.44. The van der Waals surface area contributed by atoms with Crippen LogP contribution >= 0.6 is 0 Å². The Morgan fingerprint density at radius 1 is 1.39 bits per heavy atom. The number of carbonyl (C=O) groups excluding carboxylic acids is 1. The summed E-state index contributed by atoms with van der Waals surface area (Å²) < 4.78 is 0. The lowest BCUT2D eigenvalue weighted by molar-refractivity contribution is -0.119. The Kier molecular flexibility index (Phi) is 4.20. The number of anilines is 1. The van der Waals surface area contributed by atoms with Gasteiger partial charge in [0.25, 0.3) is 0 Å². The maximum Gasteiger partial charge on any atom is 0.217 e. The molecular weight excluding hydrogens is 226 g/mol. The fraction of sp³-hybridized carbons (Fsp3) is 0.500. The molecule has 1 aliphatic heterocycles. The van der Waals surface area contributed by atoms with Crippen molar-refractivity contribution in [3.63, 3.8) is 0 Å². The zero-order valence-electron chi connectivity index (χ0n) is 11.1. The number of nitrogens with zero attached hydrogens (tertiary/aromatic N) is 1. The van der Waals surface area contributed by atoms with E-state index in [4.69, 9.17) is 0 Å². The summed E-state index contributed by atoms with van der Waals surface area (Å²) in [4.78, 5) is 13.3. The van der Waals surface area contributed by atoms with Crippen LogP contribution in [0, 0.1) is 0 Å². The van der Waals surface area contributed by atoms with Crippen LogP contribution in [0.3, 0.4) is 0 Å². The van der Waals surface area contributed by atoms with Crippen LogP contribution in [0.1, 0.15) is 18.9 Å². The number of hydrogen-bond acceptors (Lipinski definition) is 3. The van der Waals surface area contributed by atoms with Gasteiger partial charge >= 0.3 is 0 Å². The highest BCUT2D eigenvalue weighted by atomic mass is 16.1. The smallest absolute Gasteiger partial charge is 0.217 e. The number of nitrogens with one attached hydrogen (secondary N) is 2. The molecule has 0 spiro atoms. The third-order valence-corrected chi connectivity index (χ3v) is 3.28. The second-order valence-corrected chi connectivity index (χ2v) is 4.83. The highest BCUT2D eigenvalue weighted by Crippen LogP contribution is 2.20. The van der Waals surface area contributed by atoms with E-state index in [-0.39, 0.29) is 5.91 Å². The topological polar surface area (TPSA) is 44.4 Å². The highest BCUT2D eigenvalue weighted by molar-refractivity contribution is 5.73. The lowest BCUT2D eigenvalue weighted by Gasteiger charge is -2.19. The Bertz CT molecular complexity index is 402. The van der Waals surface area contributed by atoms with Gasteiger partial charge in [-0.15, -0.1) is 0 Å². The summed E-state index contributed by atoms with van der Waals surface area (Å²) in [6, 6.07) is 8.90. The van der Waals surface area contributed by atoms with Crippen molar-refractivity contribution < 1.29 is 4.79 Å². The highest BCUT2D eigenvalue weighted by Gasteiger charge is 2.22. The van der Waals surface area contributed by atoms with E-state index in [0.717, 1.165) is 26.1 Å². The zero-order chi connectivity index (χ0) is 13.0. The van der Waals surface area contributed by atoms with Crippen LogP contribution in [0.15, 0.2) is 24.3 Å². The monoisotopic (exact) mass is 247 g/mol. The molecule has 1 saturated heterocycles. The molecule has 1 aromatic carbocycles. The first-order valence-corrected chi connectivity index (χ1v) is 6.44. The minimum atomic E-state index is 0.0613. The van der Waals surface area contributed by atoms with Crippen molar-refractivity contribution in [1.29, 1.82) is 0 Å². The lowest BCUT2D eigenvalue weighted by Crippen LogP contribution is -2.35. The predicted molar refractivity (Wildman–Crippen MR) is 73.6 cm³/mol. The fourth-order valence-corrected chi connectivity index (χ4v) is 2.43. The minimum absolute atomic E-state index is 0.0613. The Morgan fingerprint density at radius 2 is 2.11 bits per heavy atom. The molecule has 18 heavy (non-hydrogen) atoms. The average molecular weight is 247 g/mol. The number of carbonyl (C=O) groups is 1. The summed E-state index contributed by atoms with van der Waals surface area (Å²) in [5, 5.41) is 6.12. The molecule has 4 heteroatoms. The van der Waals surface area contributed by atoms with Crippen LogP contribution in [0.2, 0.25) is 0 Å². The summed E-state index contributed by atoms with van der Waals surface area (Å²) in [5.41, 5.74) is 2.53. The number of amides is 1. The van der Waals surface area contributed by atoms with Gasteiger partial charge in [0.05, 0.1) is 0 Å². The van der Waals surface area contributed by atoms with Crippen molar-refractivity contribution in [2.45, 2.75) is 25.9 Å². The molecule has 2 rings (SSSR count). The molecule has 0 bridgehead atoms. The molecule has 1 aromatic rings. The Labute approximate surface area is 108 Å². The average Bonchev–Trinajstić information content (AvgIpc) is 2.78. The van der Waals surface area contributed by atoms with E-state index < -0.39 is 0 Å². The third-order valence-electron chi connectivity index (χ3n) is 3.28. The van der Waals surface area contributed by atoms with E-state index in [1.807, 2.05) is 7.05 Å². The van der Waals surface area contributed by atoms with E-state index in [2.05, 4.69) is 39.8 Å². The Morgan fingerprint density at radius 3 is 2.72 bits per heavy atom. The first-order chi connectivity index (χ1) is 8.69. The Hall–Kier alpha value is -1.55. The fourth-order valence-electron chi connectivity index (χ4n) is 2.43. The molecule has 98 valence electrons. The van der Waals surface area contributed by atoms with Crippen molar-refractivity contribution in [2.75, 3.05) is 25.0 Å². The van der Waals surface area contributed by atoms with Crippen LogP contribution in [-0.4, -0.2) is 32.1 Å². The molecule has 0 radical (unpaired) electrons. The van der Waals surface area contributed by atoms with Gasteiger partial charge in [-0.2, -0.15) is 0 Å². The van der Waals surface area contributed by atoms with Crippen LogP contribution < -0.4 is 15.5 Å². The molecule has 1 amide bonds. The molecular formula is C14H21N3O. The Balaban J connectivity index is 1.94. The minimum Gasteiger partial charge on any atom is -0.369 e. The largest absolute Gasteiger partial charge is 0.369 e. The third kappa shape index (κ3) is 3.23. The maximum absolute atomic E-state index is 11.0. The summed E-state index contributed by atoms with van der Waals surface area (Å²) in [7, 11) is 1.95. The van der Waals surface area contributed by atoms with Gasteiger partial charge in [0, 0.05) is 38.3 Å². The van der Waals surface area contributed by atoms with Crippen LogP contribution in [0.5, 0.6) is 0 Å². The molecule has 1 fully saturated rings. The van der Waals surface area contributed by atoms with Crippen molar-refractivity contribution in [1.82, 2.24) is 10.6 Å². The molecule has 0 saturated carbocycles. The molecule has 2 N–H and O–H groups in total. The van der Waals surface area contributed by atoms with Crippen LogP contribution in [0.25, 0.3) is 0 Å². The van der Waals surface area contributed by atoms with Gasteiger partial charge in [0.2, 0.25) is 5.91 Å². The number of hydrogen-bond donors (Lipinski definition) is 2. The van der Waals surface area contributed by atoms with Crippen molar-refractivity contribution in [3.05, 3.63) is 29.8 Å². The maximum atomic E-state index is 11.0. The number of rotatable bonds is 4. The molecule has 4 nitrogen and oxygen atoms in total. The molecule has 0 aromatic heterocycles. The van der Waals surface area contributed by atoms with Gasteiger partial charge in [-0.3, -0.25) is 4.79 Å². The van der Waals surface area contributed by atoms with Gasteiger partial charge in [-0.05, 0) is 31.2 Å².